The molecule has 0 unspecified atom stereocenters. The lowest BCUT2D eigenvalue weighted by Crippen LogP contribution is -2.47. The number of carbonyl (C=O) groups is 3. The van der Waals surface area contributed by atoms with E-state index in [0.717, 1.165) is 16.8 Å². The highest BCUT2D eigenvalue weighted by atomic mass is 79.9. The van der Waals surface area contributed by atoms with Crippen LogP contribution in [0.5, 0.6) is 0 Å². The summed E-state index contributed by atoms with van der Waals surface area (Å²) in [7, 11) is 1.87. The number of hydrazone groups is 1. The minimum atomic E-state index is -0.907. The fourth-order valence-corrected chi connectivity index (χ4v) is 3.69. The average molecular weight is 455 g/mol. The van der Waals surface area contributed by atoms with Crippen LogP contribution in [-0.4, -0.2) is 53.1 Å². The molecule has 1 aromatic rings. The Morgan fingerprint density at radius 3 is 2.48 bits per heavy atom. The summed E-state index contributed by atoms with van der Waals surface area (Å²) in [6, 6.07) is 5.88. The van der Waals surface area contributed by atoms with Gasteiger partial charge in [-0.2, -0.15) is 0 Å². The minimum Gasteiger partial charge on any atom is -0.352 e. The number of halogens is 1. The van der Waals surface area contributed by atoms with E-state index in [4.69, 9.17) is 0 Å². The van der Waals surface area contributed by atoms with Crippen LogP contribution in [0.3, 0.4) is 0 Å². The Bertz CT molecular complexity index is 737. The monoisotopic (exact) mass is 454 g/mol. The van der Waals surface area contributed by atoms with Gasteiger partial charge in [0.1, 0.15) is 0 Å². The second kappa shape index (κ2) is 9.89. The van der Waals surface area contributed by atoms with Gasteiger partial charge in [-0.1, -0.05) is 41.5 Å². The third-order valence-electron chi connectivity index (χ3n) is 3.90. The molecular formula is C18H23BrN4O3S. The summed E-state index contributed by atoms with van der Waals surface area (Å²) in [4.78, 5) is 39.1. The summed E-state index contributed by atoms with van der Waals surface area (Å²) in [6.45, 7) is 4.69. The van der Waals surface area contributed by atoms with Gasteiger partial charge in [-0.3, -0.25) is 14.4 Å². The van der Waals surface area contributed by atoms with Gasteiger partial charge in [0.15, 0.2) is 5.17 Å². The van der Waals surface area contributed by atoms with Crippen LogP contribution < -0.4 is 10.7 Å². The zero-order chi connectivity index (χ0) is 20.0. The summed E-state index contributed by atoms with van der Waals surface area (Å²) < 4.78 is 0.849. The standard InChI is InChI=1S/C18H23BrN4O3S/c1-11(2)10-14(20-16(25)12-4-6-13(19)7-5-12)15(24)17(26)21-22-18-23(3)8-9-27-18/h4-7,11,14H,8-10H2,1-3H3,(H,20,25)(H,21,26)/t14-/m0/s1. The predicted octanol–water partition coefficient (Wildman–Crippen LogP) is 2.23. The first-order chi connectivity index (χ1) is 12.8. The van der Waals surface area contributed by atoms with Crippen LogP contribution >= 0.6 is 27.7 Å². The van der Waals surface area contributed by atoms with E-state index in [2.05, 4.69) is 31.8 Å². The van der Waals surface area contributed by atoms with Crippen LogP contribution in [0.4, 0.5) is 0 Å². The molecule has 9 heteroatoms. The Hall–Kier alpha value is -1.87. The minimum absolute atomic E-state index is 0.125. The Morgan fingerprint density at radius 2 is 1.93 bits per heavy atom. The van der Waals surface area contributed by atoms with Gasteiger partial charge in [-0.05, 0) is 36.6 Å². The fourth-order valence-electron chi connectivity index (χ4n) is 2.46. The van der Waals surface area contributed by atoms with Crippen LogP contribution in [0, 0.1) is 5.92 Å². The molecule has 1 aliphatic rings. The molecule has 2 rings (SSSR count). The first kappa shape index (κ1) is 21.4. The topological polar surface area (TPSA) is 90.9 Å². The second-order valence-electron chi connectivity index (χ2n) is 6.63. The van der Waals surface area contributed by atoms with E-state index in [1.807, 2.05) is 25.8 Å². The van der Waals surface area contributed by atoms with Gasteiger partial charge >= 0.3 is 5.91 Å². The van der Waals surface area contributed by atoms with E-state index >= 15 is 0 Å². The van der Waals surface area contributed by atoms with Crippen LogP contribution in [0.2, 0.25) is 0 Å². The summed E-state index contributed by atoms with van der Waals surface area (Å²) in [5.41, 5.74) is 2.73. The predicted molar refractivity (Wildman–Crippen MR) is 111 cm³/mol. The normalized spacial score (nSPS) is 16.5. The van der Waals surface area contributed by atoms with Crippen molar-refractivity contribution in [3.63, 3.8) is 0 Å². The molecule has 1 atom stereocenters. The molecule has 1 aromatic carbocycles. The van der Waals surface area contributed by atoms with Gasteiger partial charge < -0.3 is 10.2 Å². The van der Waals surface area contributed by atoms with Crippen molar-refractivity contribution in [2.24, 2.45) is 11.0 Å². The lowest BCUT2D eigenvalue weighted by Gasteiger charge is -2.19. The molecule has 0 radical (unpaired) electrons. The number of Topliss-reactive ketones (excluding diaryl/α,β-unsaturated/α-hetero) is 1. The van der Waals surface area contributed by atoms with Crippen molar-refractivity contribution in [3.8, 4) is 0 Å². The maximum absolute atomic E-state index is 12.6. The number of thioether (sulfide) groups is 1. The highest BCUT2D eigenvalue weighted by Gasteiger charge is 2.28. The van der Waals surface area contributed by atoms with Crippen molar-refractivity contribution in [2.75, 3.05) is 19.3 Å². The Kier molecular flexibility index (Phi) is 7.85. The second-order valence-corrected chi connectivity index (χ2v) is 8.61. The SMILES string of the molecule is CC(C)C[C@H](NC(=O)c1ccc(Br)cc1)C(=O)C(=O)NN=C1SCCN1C. The molecule has 1 heterocycles. The summed E-state index contributed by atoms with van der Waals surface area (Å²) in [5, 5.41) is 7.34. The number of nitrogens with zero attached hydrogens (tertiary/aromatic N) is 2. The number of carbonyl (C=O) groups excluding carboxylic acids is 3. The zero-order valence-corrected chi connectivity index (χ0v) is 17.9. The van der Waals surface area contributed by atoms with Crippen LogP contribution in [0.25, 0.3) is 0 Å². The van der Waals surface area contributed by atoms with Crippen molar-refractivity contribution in [2.45, 2.75) is 26.3 Å². The van der Waals surface area contributed by atoms with Gasteiger partial charge in [0.2, 0.25) is 5.78 Å². The highest BCUT2D eigenvalue weighted by Crippen LogP contribution is 2.15. The highest BCUT2D eigenvalue weighted by molar-refractivity contribution is 9.10. The van der Waals surface area contributed by atoms with Gasteiger partial charge in [0, 0.05) is 29.4 Å². The number of ketones is 1. The quantitative estimate of drug-likeness (QED) is 0.486. The van der Waals surface area contributed by atoms with Crippen molar-refractivity contribution in [1.29, 1.82) is 0 Å². The molecule has 1 saturated heterocycles. The molecule has 2 amide bonds. The Balaban J connectivity index is 2.05. The van der Waals surface area contributed by atoms with Gasteiger partial charge in [0.25, 0.3) is 5.91 Å². The van der Waals surface area contributed by atoms with E-state index in [1.54, 1.807) is 24.3 Å². The molecule has 1 aliphatic heterocycles. The van der Waals surface area contributed by atoms with Crippen LogP contribution in [0.1, 0.15) is 30.6 Å². The Morgan fingerprint density at radius 1 is 1.26 bits per heavy atom. The summed E-state index contributed by atoms with van der Waals surface area (Å²) in [5.74, 6) is -0.918. The van der Waals surface area contributed by atoms with Gasteiger partial charge in [-0.15, -0.1) is 5.10 Å². The number of amidine groups is 1. The Labute approximate surface area is 171 Å². The van der Waals surface area contributed by atoms with E-state index in [-0.39, 0.29) is 5.92 Å². The van der Waals surface area contributed by atoms with Crippen molar-refractivity contribution in [3.05, 3.63) is 34.3 Å². The molecule has 1 fully saturated rings. The van der Waals surface area contributed by atoms with Crippen LogP contribution in [0.15, 0.2) is 33.8 Å². The van der Waals surface area contributed by atoms with E-state index in [0.29, 0.717) is 17.2 Å². The van der Waals surface area contributed by atoms with Gasteiger partial charge in [-0.25, -0.2) is 5.43 Å². The van der Waals surface area contributed by atoms with Crippen LogP contribution in [-0.2, 0) is 9.59 Å². The molecule has 0 spiro atoms. The molecule has 0 bridgehead atoms. The summed E-state index contributed by atoms with van der Waals surface area (Å²) >= 11 is 4.82. The number of hydrogen-bond acceptors (Lipinski definition) is 5. The third kappa shape index (κ3) is 6.35. The van der Waals surface area contributed by atoms with Crippen molar-refractivity contribution in [1.82, 2.24) is 15.6 Å². The van der Waals surface area contributed by atoms with E-state index in [9.17, 15) is 14.4 Å². The first-order valence-electron chi connectivity index (χ1n) is 8.60. The largest absolute Gasteiger partial charge is 0.352 e. The van der Waals surface area contributed by atoms with Gasteiger partial charge in [0.05, 0.1) is 6.04 Å². The van der Waals surface area contributed by atoms with Crippen molar-refractivity contribution < 1.29 is 14.4 Å². The van der Waals surface area contributed by atoms with E-state index in [1.165, 1.54) is 11.8 Å². The number of hydrogen-bond donors (Lipinski definition) is 2. The maximum atomic E-state index is 12.6. The van der Waals surface area contributed by atoms with Crippen molar-refractivity contribution >= 4 is 50.5 Å². The lowest BCUT2D eigenvalue weighted by molar-refractivity contribution is -0.139. The smallest absolute Gasteiger partial charge is 0.309 e. The maximum Gasteiger partial charge on any atom is 0.309 e. The molecule has 27 heavy (non-hydrogen) atoms. The number of benzene rings is 1. The molecule has 0 aromatic heterocycles. The number of amides is 2. The summed E-state index contributed by atoms with van der Waals surface area (Å²) in [6.07, 6.45) is 0.361. The fraction of sp³-hybridized carbons (Fsp3) is 0.444. The molecule has 146 valence electrons. The van der Waals surface area contributed by atoms with E-state index < -0.39 is 23.6 Å². The average Bonchev–Trinajstić information content (AvgIpc) is 3.03. The first-order valence-corrected chi connectivity index (χ1v) is 10.4. The molecule has 0 aliphatic carbocycles. The molecule has 2 N–H and O–H groups in total. The molecule has 0 saturated carbocycles. The number of nitrogens with one attached hydrogen (secondary N) is 2. The molecular weight excluding hydrogens is 432 g/mol. The molecule has 7 nitrogen and oxygen atoms in total. The number of rotatable bonds is 7. The lowest BCUT2D eigenvalue weighted by atomic mass is 9.99. The third-order valence-corrected chi connectivity index (χ3v) is 5.47. The zero-order valence-electron chi connectivity index (χ0n) is 15.5.